The monoisotopic (exact) mass is 275 g/mol. The van der Waals surface area contributed by atoms with E-state index in [1.54, 1.807) is 0 Å². The number of rotatable bonds is 4. The van der Waals surface area contributed by atoms with Gasteiger partial charge in [-0.2, -0.15) is 0 Å². The lowest BCUT2D eigenvalue weighted by Gasteiger charge is -2.13. The third-order valence-electron chi connectivity index (χ3n) is 2.41. The van der Waals surface area contributed by atoms with Crippen molar-refractivity contribution >= 4 is 15.9 Å². The van der Waals surface area contributed by atoms with Gasteiger partial charge in [0.1, 0.15) is 11.6 Å². The number of halogens is 2. The fourth-order valence-electron chi connectivity index (χ4n) is 1.43. The van der Waals surface area contributed by atoms with Gasteiger partial charge in [0, 0.05) is 0 Å². The molecule has 1 aromatic rings. The van der Waals surface area contributed by atoms with Crippen LogP contribution >= 0.6 is 15.9 Å². The van der Waals surface area contributed by atoms with Gasteiger partial charge in [0.05, 0.1) is 11.6 Å². The van der Waals surface area contributed by atoms with Crippen molar-refractivity contribution in [3.05, 3.63) is 28.0 Å². The second kappa shape index (κ2) is 5.47. The molecule has 1 atom stereocenters. The van der Waals surface area contributed by atoms with E-state index in [0.717, 1.165) is 12.0 Å². The third-order valence-corrected chi connectivity index (χ3v) is 3.18. The van der Waals surface area contributed by atoms with E-state index in [1.165, 1.54) is 13.2 Å². The Kier molecular flexibility index (Phi) is 4.54. The Labute approximate surface area is 97.7 Å². The van der Waals surface area contributed by atoms with Crippen molar-refractivity contribution in [2.75, 3.05) is 13.7 Å². The number of nitrogens with two attached hydrogens (primary N) is 1. The van der Waals surface area contributed by atoms with Gasteiger partial charge >= 0.3 is 0 Å². The molecule has 0 radical (unpaired) electrons. The van der Waals surface area contributed by atoms with Crippen LogP contribution in [0.4, 0.5) is 4.39 Å². The second-order valence-electron chi connectivity index (χ2n) is 3.50. The Balaban J connectivity index is 3.05. The summed E-state index contributed by atoms with van der Waals surface area (Å²) in [5, 5.41) is 0. The van der Waals surface area contributed by atoms with Gasteiger partial charge in [0.15, 0.2) is 0 Å². The first kappa shape index (κ1) is 12.5. The van der Waals surface area contributed by atoms with Crippen molar-refractivity contribution in [2.45, 2.75) is 19.3 Å². The normalized spacial score (nSPS) is 12.6. The predicted molar refractivity (Wildman–Crippen MR) is 62.7 cm³/mol. The lowest BCUT2D eigenvalue weighted by molar-refractivity contribution is 0.406. The second-order valence-corrected chi connectivity index (χ2v) is 4.29. The van der Waals surface area contributed by atoms with Gasteiger partial charge < -0.3 is 10.5 Å². The van der Waals surface area contributed by atoms with Crippen LogP contribution in [0.2, 0.25) is 0 Å². The van der Waals surface area contributed by atoms with E-state index in [-0.39, 0.29) is 11.7 Å². The molecule has 84 valence electrons. The highest BCUT2D eigenvalue weighted by Crippen LogP contribution is 2.32. The molecule has 0 amide bonds. The zero-order chi connectivity index (χ0) is 11.4. The lowest BCUT2D eigenvalue weighted by Crippen LogP contribution is -2.05. The van der Waals surface area contributed by atoms with Crippen LogP contribution < -0.4 is 10.5 Å². The molecule has 2 nitrogen and oxygen atoms in total. The maximum absolute atomic E-state index is 13.5. The summed E-state index contributed by atoms with van der Waals surface area (Å²) in [4.78, 5) is 0. The molecule has 1 rings (SSSR count). The summed E-state index contributed by atoms with van der Waals surface area (Å²) in [6, 6.07) is 3.36. The molecule has 0 fully saturated rings. The van der Waals surface area contributed by atoms with Gasteiger partial charge in [-0.05, 0) is 52.5 Å². The molecule has 2 N–H and O–H groups in total. The molecule has 1 unspecified atom stereocenters. The highest BCUT2D eigenvalue weighted by atomic mass is 79.9. The minimum absolute atomic E-state index is 0.242. The van der Waals surface area contributed by atoms with Crippen LogP contribution in [0.5, 0.6) is 5.75 Å². The zero-order valence-electron chi connectivity index (χ0n) is 8.89. The van der Waals surface area contributed by atoms with Gasteiger partial charge in [-0.3, -0.25) is 0 Å². The van der Waals surface area contributed by atoms with Crippen LogP contribution in [0.1, 0.15) is 24.8 Å². The molecule has 0 heterocycles. The lowest BCUT2D eigenvalue weighted by atomic mass is 9.97. The maximum Gasteiger partial charge on any atom is 0.141 e. The number of ether oxygens (including phenoxy) is 1. The summed E-state index contributed by atoms with van der Waals surface area (Å²) >= 11 is 3.14. The SMILES string of the molecule is COc1cc(C(C)CCN)cc(F)c1Br. The number of hydrogen-bond donors (Lipinski definition) is 1. The minimum Gasteiger partial charge on any atom is -0.495 e. The van der Waals surface area contributed by atoms with Crippen LogP contribution in [0, 0.1) is 5.82 Å². The van der Waals surface area contributed by atoms with Crippen molar-refractivity contribution < 1.29 is 9.13 Å². The number of hydrogen-bond acceptors (Lipinski definition) is 2. The van der Waals surface area contributed by atoms with Crippen LogP contribution in [-0.2, 0) is 0 Å². The Hall–Kier alpha value is -0.610. The molecule has 0 saturated carbocycles. The van der Waals surface area contributed by atoms with E-state index in [1.807, 2.05) is 13.0 Å². The molecule has 0 aliphatic carbocycles. The van der Waals surface area contributed by atoms with E-state index in [0.29, 0.717) is 16.8 Å². The van der Waals surface area contributed by atoms with Crippen LogP contribution in [0.3, 0.4) is 0 Å². The molecule has 0 aliphatic rings. The van der Waals surface area contributed by atoms with Crippen molar-refractivity contribution in [2.24, 2.45) is 5.73 Å². The Bertz CT molecular complexity index is 344. The van der Waals surface area contributed by atoms with Gasteiger partial charge in [-0.15, -0.1) is 0 Å². The van der Waals surface area contributed by atoms with Crippen molar-refractivity contribution in [3.8, 4) is 5.75 Å². The molecule has 1 aromatic carbocycles. The standard InChI is InChI=1S/C11H15BrFNO/c1-7(3-4-14)8-5-9(13)11(12)10(6-8)15-2/h5-7H,3-4,14H2,1-2H3. The largest absolute Gasteiger partial charge is 0.495 e. The van der Waals surface area contributed by atoms with Gasteiger partial charge in [-0.25, -0.2) is 4.39 Å². The molecule has 15 heavy (non-hydrogen) atoms. The zero-order valence-corrected chi connectivity index (χ0v) is 10.5. The van der Waals surface area contributed by atoms with E-state index in [4.69, 9.17) is 10.5 Å². The third kappa shape index (κ3) is 2.92. The summed E-state index contributed by atoms with van der Waals surface area (Å²) < 4.78 is 18.9. The predicted octanol–water partition coefficient (Wildman–Crippen LogP) is 3.05. The summed E-state index contributed by atoms with van der Waals surface area (Å²) in [7, 11) is 1.52. The summed E-state index contributed by atoms with van der Waals surface area (Å²) in [5.74, 6) is 0.466. The molecule has 0 spiro atoms. The topological polar surface area (TPSA) is 35.2 Å². The molecule has 0 aromatic heterocycles. The van der Waals surface area contributed by atoms with E-state index in [9.17, 15) is 4.39 Å². The molecule has 0 bridgehead atoms. The first-order chi connectivity index (χ1) is 7.10. The van der Waals surface area contributed by atoms with E-state index in [2.05, 4.69) is 15.9 Å². The first-order valence-corrected chi connectivity index (χ1v) is 5.62. The van der Waals surface area contributed by atoms with Crippen molar-refractivity contribution in [1.29, 1.82) is 0 Å². The molecular formula is C11H15BrFNO. The highest BCUT2D eigenvalue weighted by Gasteiger charge is 2.12. The molecular weight excluding hydrogens is 261 g/mol. The van der Waals surface area contributed by atoms with Crippen LogP contribution in [-0.4, -0.2) is 13.7 Å². The Morgan fingerprint density at radius 1 is 1.53 bits per heavy atom. The van der Waals surface area contributed by atoms with Gasteiger partial charge in [0.2, 0.25) is 0 Å². The Morgan fingerprint density at radius 2 is 2.20 bits per heavy atom. The summed E-state index contributed by atoms with van der Waals surface area (Å²) in [6.45, 7) is 2.62. The molecule has 4 heteroatoms. The quantitative estimate of drug-likeness (QED) is 0.917. The number of benzene rings is 1. The molecule has 0 saturated heterocycles. The average molecular weight is 276 g/mol. The number of methoxy groups -OCH3 is 1. The van der Waals surface area contributed by atoms with Gasteiger partial charge in [-0.1, -0.05) is 6.92 Å². The first-order valence-electron chi connectivity index (χ1n) is 4.83. The Morgan fingerprint density at radius 3 is 2.73 bits per heavy atom. The fourth-order valence-corrected chi connectivity index (χ4v) is 1.82. The highest BCUT2D eigenvalue weighted by molar-refractivity contribution is 9.10. The minimum atomic E-state index is -0.298. The van der Waals surface area contributed by atoms with E-state index >= 15 is 0 Å². The summed E-state index contributed by atoms with van der Waals surface area (Å²) in [6.07, 6.45) is 0.838. The summed E-state index contributed by atoms with van der Waals surface area (Å²) in [5.41, 5.74) is 6.39. The maximum atomic E-state index is 13.5. The van der Waals surface area contributed by atoms with Gasteiger partial charge in [0.25, 0.3) is 0 Å². The van der Waals surface area contributed by atoms with Crippen molar-refractivity contribution in [3.63, 3.8) is 0 Å². The molecule has 0 aliphatic heterocycles. The fraction of sp³-hybridized carbons (Fsp3) is 0.455. The van der Waals surface area contributed by atoms with Crippen LogP contribution in [0.15, 0.2) is 16.6 Å². The van der Waals surface area contributed by atoms with Crippen molar-refractivity contribution in [1.82, 2.24) is 0 Å². The smallest absolute Gasteiger partial charge is 0.141 e. The van der Waals surface area contributed by atoms with Crippen LogP contribution in [0.25, 0.3) is 0 Å². The van der Waals surface area contributed by atoms with E-state index < -0.39 is 0 Å². The average Bonchev–Trinajstić information content (AvgIpc) is 2.22.